The molecule has 1 N–H and O–H groups in total. The zero-order chi connectivity index (χ0) is 19.7. The molecule has 0 aliphatic rings. The number of nitrogens with one attached hydrogen (secondary N) is 1. The van der Waals surface area contributed by atoms with Gasteiger partial charge in [0.2, 0.25) is 11.7 Å². The van der Waals surface area contributed by atoms with Crippen molar-refractivity contribution in [1.82, 2.24) is 15.1 Å². The Labute approximate surface area is 165 Å². The summed E-state index contributed by atoms with van der Waals surface area (Å²) < 4.78 is 18.9. The monoisotopic (exact) mass is 395 g/mol. The molecule has 0 aliphatic heterocycles. The minimum atomic E-state index is -0.307. The standard InChI is InChI=1S/C21H18FN3O2S/c1-12-7-8-14(9-16(12)22)21-24-19(27-25-21)11-28-10-18(26)20-13(2)23-17-6-4-3-5-15(17)20/h3-9,23H,10-11H2,1-2H3. The number of hydrogen-bond acceptors (Lipinski definition) is 5. The molecule has 0 unspecified atom stereocenters. The number of halogens is 1. The summed E-state index contributed by atoms with van der Waals surface area (Å²) in [5, 5.41) is 4.84. The maximum Gasteiger partial charge on any atom is 0.236 e. The first kappa shape index (κ1) is 18.4. The average molecular weight is 395 g/mol. The van der Waals surface area contributed by atoms with E-state index < -0.39 is 0 Å². The SMILES string of the molecule is Cc1ccc(-c2noc(CSCC(=O)c3c(C)[nH]c4ccccc34)n2)cc1F. The van der Waals surface area contributed by atoms with Crippen molar-refractivity contribution in [3.8, 4) is 11.4 Å². The number of aromatic amines is 1. The van der Waals surface area contributed by atoms with E-state index in [1.54, 1.807) is 19.1 Å². The Balaban J connectivity index is 1.41. The molecule has 2 aromatic carbocycles. The molecule has 0 bridgehead atoms. The van der Waals surface area contributed by atoms with E-state index >= 15 is 0 Å². The van der Waals surface area contributed by atoms with E-state index in [4.69, 9.17) is 4.52 Å². The number of aromatic nitrogens is 3. The molecule has 0 radical (unpaired) electrons. The molecule has 2 heterocycles. The number of para-hydroxylation sites is 1. The molecule has 4 rings (SSSR count). The number of carbonyl (C=O) groups excluding carboxylic acids is 1. The van der Waals surface area contributed by atoms with Crippen molar-refractivity contribution in [2.24, 2.45) is 0 Å². The van der Waals surface area contributed by atoms with Gasteiger partial charge < -0.3 is 9.51 Å². The van der Waals surface area contributed by atoms with Crippen LogP contribution in [0.15, 0.2) is 47.0 Å². The molecule has 0 fully saturated rings. The lowest BCUT2D eigenvalue weighted by Crippen LogP contribution is -2.04. The highest BCUT2D eigenvalue weighted by Gasteiger charge is 2.17. The van der Waals surface area contributed by atoms with Gasteiger partial charge in [0.25, 0.3) is 0 Å². The lowest BCUT2D eigenvalue weighted by molar-refractivity contribution is 0.102. The van der Waals surface area contributed by atoms with Gasteiger partial charge in [-0.2, -0.15) is 4.98 Å². The third-order valence-electron chi connectivity index (χ3n) is 4.53. The van der Waals surface area contributed by atoms with Crippen LogP contribution in [0.3, 0.4) is 0 Å². The summed E-state index contributed by atoms with van der Waals surface area (Å²) in [4.78, 5) is 20.2. The molecule has 7 heteroatoms. The Bertz CT molecular complexity index is 1170. The summed E-state index contributed by atoms with van der Waals surface area (Å²) in [5.41, 5.74) is 3.68. The van der Waals surface area contributed by atoms with Crippen molar-refractivity contribution in [3.05, 3.63) is 71.0 Å². The van der Waals surface area contributed by atoms with Gasteiger partial charge in [0.1, 0.15) is 5.82 Å². The second-order valence-electron chi connectivity index (χ2n) is 6.56. The summed E-state index contributed by atoms with van der Waals surface area (Å²) in [5.74, 6) is 1.21. The van der Waals surface area contributed by atoms with Crippen molar-refractivity contribution in [3.63, 3.8) is 0 Å². The fraction of sp³-hybridized carbons (Fsp3) is 0.190. The number of nitrogens with zero attached hydrogens (tertiary/aromatic N) is 2. The van der Waals surface area contributed by atoms with Crippen molar-refractivity contribution in [2.45, 2.75) is 19.6 Å². The van der Waals surface area contributed by atoms with Crippen LogP contribution in [0.4, 0.5) is 4.39 Å². The first-order chi connectivity index (χ1) is 13.5. The highest BCUT2D eigenvalue weighted by atomic mass is 32.2. The predicted octanol–water partition coefficient (Wildman–Crippen LogP) is 5.09. The highest BCUT2D eigenvalue weighted by Crippen LogP contribution is 2.25. The van der Waals surface area contributed by atoms with Crippen molar-refractivity contribution in [2.75, 3.05) is 5.75 Å². The number of H-pyrrole nitrogens is 1. The molecule has 2 aromatic heterocycles. The molecule has 5 nitrogen and oxygen atoms in total. The topological polar surface area (TPSA) is 71.8 Å². The van der Waals surface area contributed by atoms with Crippen LogP contribution in [0.25, 0.3) is 22.3 Å². The van der Waals surface area contributed by atoms with Crippen LogP contribution < -0.4 is 0 Å². The highest BCUT2D eigenvalue weighted by molar-refractivity contribution is 7.99. The van der Waals surface area contributed by atoms with Crippen LogP contribution in [0, 0.1) is 19.7 Å². The summed E-state index contributed by atoms with van der Waals surface area (Å²) in [7, 11) is 0. The second-order valence-corrected chi connectivity index (χ2v) is 7.55. The number of ketones is 1. The normalized spacial score (nSPS) is 11.2. The second kappa shape index (κ2) is 7.59. The summed E-state index contributed by atoms with van der Waals surface area (Å²) >= 11 is 1.41. The van der Waals surface area contributed by atoms with Gasteiger partial charge in [-0.3, -0.25) is 4.79 Å². The van der Waals surface area contributed by atoms with Crippen molar-refractivity contribution in [1.29, 1.82) is 0 Å². The molecule has 0 amide bonds. The Morgan fingerprint density at radius 1 is 1.21 bits per heavy atom. The lowest BCUT2D eigenvalue weighted by Gasteiger charge is -2.00. The van der Waals surface area contributed by atoms with Crippen LogP contribution in [-0.4, -0.2) is 26.7 Å². The number of benzene rings is 2. The summed E-state index contributed by atoms with van der Waals surface area (Å²) in [6.07, 6.45) is 0. The largest absolute Gasteiger partial charge is 0.358 e. The van der Waals surface area contributed by atoms with Crippen LogP contribution >= 0.6 is 11.8 Å². The number of hydrogen-bond donors (Lipinski definition) is 1. The quantitative estimate of drug-likeness (QED) is 0.461. The van der Waals surface area contributed by atoms with Crippen molar-refractivity contribution >= 4 is 28.4 Å². The molecular weight excluding hydrogens is 377 g/mol. The van der Waals surface area contributed by atoms with Gasteiger partial charge in [-0.1, -0.05) is 35.5 Å². The molecule has 4 aromatic rings. The minimum Gasteiger partial charge on any atom is -0.358 e. The third-order valence-corrected chi connectivity index (χ3v) is 5.45. The smallest absolute Gasteiger partial charge is 0.236 e. The zero-order valence-corrected chi connectivity index (χ0v) is 16.3. The summed E-state index contributed by atoms with van der Waals surface area (Å²) in [6, 6.07) is 12.6. The summed E-state index contributed by atoms with van der Waals surface area (Å²) in [6.45, 7) is 3.60. The molecule has 0 saturated heterocycles. The number of Topliss-reactive ketones (excluding diaryl/α,β-unsaturated/α-hetero) is 1. The molecule has 0 atom stereocenters. The van der Waals surface area contributed by atoms with Gasteiger partial charge in [-0.25, -0.2) is 4.39 Å². The maximum absolute atomic E-state index is 13.7. The Kier molecular flexibility index (Phi) is 5.00. The number of carbonyl (C=O) groups is 1. The number of thioether (sulfide) groups is 1. The first-order valence-corrected chi connectivity index (χ1v) is 9.96. The fourth-order valence-corrected chi connectivity index (χ4v) is 3.83. The van der Waals surface area contributed by atoms with E-state index in [1.165, 1.54) is 17.8 Å². The number of rotatable bonds is 6. The van der Waals surface area contributed by atoms with E-state index in [0.29, 0.717) is 34.3 Å². The van der Waals surface area contributed by atoms with Gasteiger partial charge >= 0.3 is 0 Å². The minimum absolute atomic E-state index is 0.0558. The number of aryl methyl sites for hydroxylation is 2. The van der Waals surface area contributed by atoms with Crippen LogP contribution in [0.2, 0.25) is 0 Å². The lowest BCUT2D eigenvalue weighted by atomic mass is 10.1. The Morgan fingerprint density at radius 3 is 2.86 bits per heavy atom. The van der Waals surface area contributed by atoms with Crippen molar-refractivity contribution < 1.29 is 13.7 Å². The average Bonchev–Trinajstić information content (AvgIpc) is 3.27. The number of fused-ring (bicyclic) bond motifs is 1. The van der Waals surface area contributed by atoms with Crippen LogP contribution in [0.1, 0.15) is 27.5 Å². The molecule has 28 heavy (non-hydrogen) atoms. The molecular formula is C21H18FN3O2S. The van der Waals surface area contributed by atoms with Gasteiger partial charge in [0.15, 0.2) is 5.78 Å². The van der Waals surface area contributed by atoms with Gasteiger partial charge in [-0.15, -0.1) is 11.8 Å². The molecule has 0 saturated carbocycles. The molecule has 142 valence electrons. The zero-order valence-electron chi connectivity index (χ0n) is 15.5. The predicted molar refractivity (Wildman–Crippen MR) is 108 cm³/mol. The molecule has 0 aliphatic carbocycles. The van der Waals surface area contributed by atoms with E-state index in [-0.39, 0.29) is 11.6 Å². The van der Waals surface area contributed by atoms with E-state index in [2.05, 4.69) is 15.1 Å². The first-order valence-electron chi connectivity index (χ1n) is 8.80. The van der Waals surface area contributed by atoms with Crippen LogP contribution in [-0.2, 0) is 5.75 Å². The van der Waals surface area contributed by atoms with Gasteiger partial charge in [-0.05, 0) is 31.5 Å². The molecule has 0 spiro atoms. The Hall–Kier alpha value is -2.93. The van der Waals surface area contributed by atoms with Gasteiger partial charge in [0.05, 0.1) is 11.5 Å². The van der Waals surface area contributed by atoms with Gasteiger partial charge in [0, 0.05) is 27.7 Å². The third kappa shape index (κ3) is 3.57. The Morgan fingerprint density at radius 2 is 2.04 bits per heavy atom. The van der Waals surface area contributed by atoms with E-state index in [9.17, 15) is 9.18 Å². The van der Waals surface area contributed by atoms with E-state index in [1.807, 2.05) is 31.2 Å². The van der Waals surface area contributed by atoms with E-state index in [0.717, 1.165) is 22.2 Å². The van der Waals surface area contributed by atoms with Crippen LogP contribution in [0.5, 0.6) is 0 Å². The fourth-order valence-electron chi connectivity index (χ4n) is 3.10. The maximum atomic E-state index is 13.7.